The summed E-state index contributed by atoms with van der Waals surface area (Å²) in [4.78, 5) is 5.60. The van der Waals surface area contributed by atoms with Crippen molar-refractivity contribution in [3.63, 3.8) is 0 Å². The monoisotopic (exact) mass is 534 g/mol. The van der Waals surface area contributed by atoms with E-state index in [0.29, 0.717) is 0 Å². The standard InChI is InChI=1S/C30H46S4/c1-27(2,3)21-15-19(31-13)16-22(28(4,5)6)25(21)33-34-26-23(29(7,8)9)17-20(32-14)18-24(26)30(10,11)12/h15-18H,1-14H3. The van der Waals surface area contributed by atoms with Gasteiger partial charge in [-0.25, -0.2) is 0 Å². The van der Waals surface area contributed by atoms with Crippen LogP contribution in [0.15, 0.2) is 43.8 Å². The minimum absolute atomic E-state index is 0.0804. The van der Waals surface area contributed by atoms with Crippen molar-refractivity contribution in [2.75, 3.05) is 12.5 Å². The van der Waals surface area contributed by atoms with Gasteiger partial charge < -0.3 is 0 Å². The maximum absolute atomic E-state index is 2.43. The fraction of sp³-hybridized carbons (Fsp3) is 0.600. The highest BCUT2D eigenvalue weighted by Gasteiger charge is 2.30. The molecule has 0 amide bonds. The number of hydrogen-bond donors (Lipinski definition) is 0. The van der Waals surface area contributed by atoms with Gasteiger partial charge in [-0.05, 0) is 80.7 Å². The van der Waals surface area contributed by atoms with E-state index in [-0.39, 0.29) is 21.7 Å². The molecule has 0 nitrogen and oxygen atoms in total. The predicted molar refractivity (Wildman–Crippen MR) is 163 cm³/mol. The van der Waals surface area contributed by atoms with Crippen molar-refractivity contribution >= 4 is 45.1 Å². The zero-order chi connectivity index (χ0) is 26.3. The molecule has 0 N–H and O–H groups in total. The fourth-order valence-electron chi connectivity index (χ4n) is 3.93. The van der Waals surface area contributed by atoms with Crippen molar-refractivity contribution in [1.82, 2.24) is 0 Å². The van der Waals surface area contributed by atoms with Gasteiger partial charge in [0.1, 0.15) is 0 Å². The van der Waals surface area contributed by atoms with Crippen molar-refractivity contribution < 1.29 is 0 Å². The first-order valence-electron chi connectivity index (χ1n) is 12.1. The molecule has 34 heavy (non-hydrogen) atoms. The SMILES string of the molecule is CSc1cc(C(C)(C)C)c(SSc2c(C(C)(C)C)cc(SC)cc2C(C)(C)C)c(C(C)(C)C)c1. The molecule has 0 spiro atoms. The van der Waals surface area contributed by atoms with Crippen molar-refractivity contribution in [3.05, 3.63) is 46.5 Å². The molecule has 0 aliphatic rings. The molecule has 0 aromatic heterocycles. The van der Waals surface area contributed by atoms with Crippen molar-refractivity contribution in [2.45, 2.75) is 124 Å². The summed E-state index contributed by atoms with van der Waals surface area (Å²) in [5.74, 6) is 0. The van der Waals surface area contributed by atoms with E-state index in [0.717, 1.165) is 0 Å². The van der Waals surface area contributed by atoms with E-state index in [1.54, 1.807) is 0 Å². The Morgan fingerprint density at radius 2 is 0.618 bits per heavy atom. The average molecular weight is 535 g/mol. The molecule has 0 radical (unpaired) electrons. The summed E-state index contributed by atoms with van der Waals surface area (Å²) >= 11 is 3.70. The Balaban J connectivity index is 2.79. The summed E-state index contributed by atoms with van der Waals surface area (Å²) in [7, 11) is 3.95. The number of rotatable bonds is 5. The van der Waals surface area contributed by atoms with Crippen LogP contribution in [0.4, 0.5) is 0 Å². The van der Waals surface area contributed by atoms with Crippen molar-refractivity contribution in [2.24, 2.45) is 0 Å². The van der Waals surface area contributed by atoms with Crippen LogP contribution < -0.4 is 0 Å². The van der Waals surface area contributed by atoms with E-state index in [1.807, 2.05) is 45.1 Å². The molecule has 2 rings (SSSR count). The van der Waals surface area contributed by atoms with Crippen LogP contribution in [0, 0.1) is 0 Å². The topological polar surface area (TPSA) is 0 Å². The van der Waals surface area contributed by atoms with Gasteiger partial charge in [-0.1, -0.05) is 105 Å². The maximum Gasteiger partial charge on any atom is 0.0261 e. The van der Waals surface area contributed by atoms with E-state index in [2.05, 4.69) is 120 Å². The molecule has 0 saturated heterocycles. The molecule has 0 saturated carbocycles. The van der Waals surface area contributed by atoms with Gasteiger partial charge in [0.05, 0.1) is 0 Å². The second kappa shape index (κ2) is 10.7. The minimum atomic E-state index is 0.0804. The molecule has 0 heterocycles. The highest BCUT2D eigenvalue weighted by Crippen LogP contribution is 2.52. The van der Waals surface area contributed by atoms with Gasteiger partial charge >= 0.3 is 0 Å². The number of thioether (sulfide) groups is 2. The highest BCUT2D eigenvalue weighted by atomic mass is 33.1. The number of benzene rings is 2. The highest BCUT2D eigenvalue weighted by molar-refractivity contribution is 8.76. The smallest absolute Gasteiger partial charge is 0.0261 e. The Bertz CT molecular complexity index is 853. The van der Waals surface area contributed by atoms with Gasteiger partial charge in [0.2, 0.25) is 0 Å². The lowest BCUT2D eigenvalue weighted by molar-refractivity contribution is 0.542. The molecular weight excluding hydrogens is 489 g/mol. The second-order valence-electron chi connectivity index (χ2n) is 13.3. The third-order valence-corrected chi connectivity index (χ3v) is 10.00. The van der Waals surface area contributed by atoms with Gasteiger partial charge in [0.25, 0.3) is 0 Å². The first-order chi connectivity index (χ1) is 15.3. The third-order valence-electron chi connectivity index (χ3n) is 6.04. The lowest BCUT2D eigenvalue weighted by Gasteiger charge is -2.32. The molecule has 2 aromatic rings. The van der Waals surface area contributed by atoms with Crippen LogP contribution >= 0.6 is 45.1 Å². The van der Waals surface area contributed by atoms with Gasteiger partial charge in [-0.2, -0.15) is 0 Å². The second-order valence-corrected chi connectivity index (χ2v) is 17.2. The van der Waals surface area contributed by atoms with Gasteiger partial charge in [0, 0.05) is 19.6 Å². The quantitative estimate of drug-likeness (QED) is 0.276. The van der Waals surface area contributed by atoms with Crippen LogP contribution in [0.5, 0.6) is 0 Å². The van der Waals surface area contributed by atoms with E-state index < -0.39 is 0 Å². The van der Waals surface area contributed by atoms with Crippen LogP contribution in [0.3, 0.4) is 0 Å². The van der Waals surface area contributed by atoms with Crippen molar-refractivity contribution in [3.8, 4) is 0 Å². The summed E-state index contributed by atoms with van der Waals surface area (Å²) in [6.07, 6.45) is 4.38. The number of hydrogen-bond acceptors (Lipinski definition) is 4. The Kier molecular flexibility index (Phi) is 9.44. The summed E-state index contributed by atoms with van der Waals surface area (Å²) < 4.78 is 0. The van der Waals surface area contributed by atoms with E-state index in [4.69, 9.17) is 0 Å². The Hall–Kier alpha value is -0.160. The van der Waals surface area contributed by atoms with E-state index in [9.17, 15) is 0 Å². The average Bonchev–Trinajstić information content (AvgIpc) is 2.68. The normalized spacial score (nSPS) is 13.5. The third kappa shape index (κ3) is 7.20. The van der Waals surface area contributed by atoms with Crippen LogP contribution in [0.2, 0.25) is 0 Å². The molecule has 190 valence electrons. The molecule has 0 fully saturated rings. The van der Waals surface area contributed by atoms with E-state index >= 15 is 0 Å². The van der Waals surface area contributed by atoms with Crippen LogP contribution in [0.1, 0.15) is 105 Å². The summed E-state index contributed by atoms with van der Waals surface area (Å²) in [5.41, 5.74) is 6.14. The summed E-state index contributed by atoms with van der Waals surface area (Å²) in [6, 6.07) is 9.70. The van der Waals surface area contributed by atoms with Gasteiger partial charge in [0.15, 0.2) is 0 Å². The first-order valence-corrected chi connectivity index (χ1v) is 16.7. The lowest BCUT2D eigenvalue weighted by Crippen LogP contribution is -2.20. The molecular formula is C30H46S4. The van der Waals surface area contributed by atoms with Crippen LogP contribution in [-0.2, 0) is 21.7 Å². The zero-order valence-electron chi connectivity index (χ0n) is 23.9. The Morgan fingerprint density at radius 3 is 0.765 bits per heavy atom. The predicted octanol–water partition coefficient (Wildman–Crippen LogP) is 11.1. The van der Waals surface area contributed by atoms with E-state index in [1.165, 1.54) is 41.8 Å². The zero-order valence-corrected chi connectivity index (χ0v) is 27.2. The molecule has 0 bridgehead atoms. The maximum atomic E-state index is 2.43. The molecule has 0 aliphatic heterocycles. The fourth-order valence-corrected chi connectivity index (χ4v) is 8.44. The van der Waals surface area contributed by atoms with Gasteiger partial charge in [-0.3, -0.25) is 0 Å². The van der Waals surface area contributed by atoms with Crippen LogP contribution in [-0.4, -0.2) is 12.5 Å². The summed E-state index contributed by atoms with van der Waals surface area (Å²) in [6.45, 7) is 28.2. The Morgan fingerprint density at radius 1 is 0.412 bits per heavy atom. The van der Waals surface area contributed by atoms with Gasteiger partial charge in [-0.15, -0.1) is 23.5 Å². The Labute approximate surface area is 227 Å². The molecule has 0 atom stereocenters. The largest absolute Gasteiger partial charge is 0.130 e. The lowest BCUT2D eigenvalue weighted by atomic mass is 9.80. The molecule has 0 aliphatic carbocycles. The molecule has 4 heteroatoms. The minimum Gasteiger partial charge on any atom is -0.130 e. The molecule has 2 aromatic carbocycles. The molecule has 0 unspecified atom stereocenters. The summed E-state index contributed by atoms with van der Waals surface area (Å²) in [5, 5.41) is 0. The van der Waals surface area contributed by atoms with Crippen molar-refractivity contribution in [1.29, 1.82) is 0 Å². The van der Waals surface area contributed by atoms with Crippen LogP contribution in [0.25, 0.3) is 0 Å². The first kappa shape index (κ1) is 30.1.